The van der Waals surface area contributed by atoms with E-state index in [0.717, 1.165) is 28.8 Å². The molecule has 0 aliphatic heterocycles. The van der Waals surface area contributed by atoms with Gasteiger partial charge in [-0.2, -0.15) is 0 Å². The van der Waals surface area contributed by atoms with Crippen LogP contribution in [0.2, 0.25) is 5.02 Å². The van der Waals surface area contributed by atoms with E-state index in [9.17, 15) is 8.42 Å². The van der Waals surface area contributed by atoms with Gasteiger partial charge >= 0.3 is 0 Å². The van der Waals surface area contributed by atoms with Crippen LogP contribution in [-0.4, -0.2) is 8.42 Å². The molecule has 1 N–H and O–H groups in total. The second-order valence-corrected chi connectivity index (χ2v) is 8.65. The van der Waals surface area contributed by atoms with Crippen LogP contribution >= 0.6 is 22.9 Å². The van der Waals surface area contributed by atoms with E-state index in [0.29, 0.717) is 10.7 Å². The van der Waals surface area contributed by atoms with Gasteiger partial charge in [0.25, 0.3) is 10.0 Å². The zero-order valence-electron chi connectivity index (χ0n) is 13.7. The third-order valence-electron chi connectivity index (χ3n) is 3.80. The van der Waals surface area contributed by atoms with Crippen molar-refractivity contribution in [3.63, 3.8) is 0 Å². The number of thiophene rings is 1. The molecule has 25 heavy (non-hydrogen) atoms. The van der Waals surface area contributed by atoms with Gasteiger partial charge < -0.3 is 0 Å². The second kappa shape index (κ2) is 7.60. The van der Waals surface area contributed by atoms with Gasteiger partial charge in [-0.25, -0.2) is 8.42 Å². The van der Waals surface area contributed by atoms with Crippen molar-refractivity contribution >= 4 is 38.6 Å². The number of benzene rings is 2. The van der Waals surface area contributed by atoms with Crippen LogP contribution in [0, 0.1) is 0 Å². The zero-order valence-corrected chi connectivity index (χ0v) is 16.1. The Morgan fingerprint density at radius 1 is 1.04 bits per heavy atom. The smallest absolute Gasteiger partial charge is 0.261 e. The molecular weight excluding hydrogens is 374 g/mol. The van der Waals surface area contributed by atoms with Crippen molar-refractivity contribution in [3.05, 3.63) is 70.6 Å². The number of halogens is 1. The zero-order chi connectivity index (χ0) is 17.9. The van der Waals surface area contributed by atoms with E-state index in [1.54, 1.807) is 24.3 Å². The fourth-order valence-corrected chi connectivity index (χ4v) is 4.89. The highest BCUT2D eigenvalue weighted by atomic mass is 35.5. The van der Waals surface area contributed by atoms with Gasteiger partial charge in [0, 0.05) is 10.6 Å². The maximum atomic E-state index is 12.7. The standard InChI is InChI=1S/C19H18ClNO2S2/c1-2-5-14-8-10-15(11-9-14)25(22,23)21-18-12-13-24-19(18)16-6-3-4-7-17(16)20/h3-4,6-13,21H,2,5H2,1H3. The SMILES string of the molecule is CCCc1ccc(S(=O)(=O)Nc2ccsc2-c2ccccc2Cl)cc1. The van der Waals surface area contributed by atoms with Crippen LogP contribution in [0.3, 0.4) is 0 Å². The molecular formula is C19H18ClNO2S2. The molecule has 3 aromatic rings. The summed E-state index contributed by atoms with van der Waals surface area (Å²) in [6.07, 6.45) is 1.97. The molecule has 3 rings (SSSR count). The average molecular weight is 392 g/mol. The largest absolute Gasteiger partial charge is 0.278 e. The van der Waals surface area contributed by atoms with E-state index < -0.39 is 10.0 Å². The molecule has 0 saturated heterocycles. The Balaban J connectivity index is 1.90. The summed E-state index contributed by atoms with van der Waals surface area (Å²) >= 11 is 7.70. The molecule has 0 saturated carbocycles. The number of anilines is 1. The van der Waals surface area contributed by atoms with Crippen molar-refractivity contribution in [2.24, 2.45) is 0 Å². The predicted molar refractivity (Wildman–Crippen MR) is 106 cm³/mol. The number of aryl methyl sites for hydroxylation is 1. The maximum absolute atomic E-state index is 12.7. The molecule has 0 aliphatic carbocycles. The van der Waals surface area contributed by atoms with E-state index >= 15 is 0 Å². The number of rotatable bonds is 6. The van der Waals surface area contributed by atoms with Crippen LogP contribution in [0.1, 0.15) is 18.9 Å². The van der Waals surface area contributed by atoms with Gasteiger partial charge in [-0.05, 0) is 41.6 Å². The summed E-state index contributed by atoms with van der Waals surface area (Å²) < 4.78 is 28.1. The fourth-order valence-electron chi connectivity index (χ4n) is 2.57. The number of nitrogens with one attached hydrogen (secondary N) is 1. The second-order valence-electron chi connectivity index (χ2n) is 5.64. The van der Waals surface area contributed by atoms with E-state index in [-0.39, 0.29) is 4.90 Å². The maximum Gasteiger partial charge on any atom is 0.261 e. The highest BCUT2D eigenvalue weighted by Crippen LogP contribution is 2.38. The lowest BCUT2D eigenvalue weighted by atomic mass is 10.1. The van der Waals surface area contributed by atoms with Gasteiger partial charge in [-0.3, -0.25) is 4.72 Å². The highest BCUT2D eigenvalue weighted by molar-refractivity contribution is 7.92. The molecule has 6 heteroatoms. The van der Waals surface area contributed by atoms with Gasteiger partial charge in [-0.15, -0.1) is 11.3 Å². The van der Waals surface area contributed by atoms with Crippen molar-refractivity contribution in [3.8, 4) is 10.4 Å². The van der Waals surface area contributed by atoms with Gasteiger partial charge in [-0.1, -0.05) is 55.3 Å². The topological polar surface area (TPSA) is 46.2 Å². The third-order valence-corrected chi connectivity index (χ3v) is 6.46. The summed E-state index contributed by atoms with van der Waals surface area (Å²) in [4.78, 5) is 1.06. The summed E-state index contributed by atoms with van der Waals surface area (Å²) in [6, 6.07) is 16.2. The molecule has 0 unspecified atom stereocenters. The van der Waals surface area contributed by atoms with Gasteiger partial charge in [0.2, 0.25) is 0 Å². The molecule has 0 aliphatic rings. The van der Waals surface area contributed by atoms with Crippen molar-refractivity contribution in [2.75, 3.05) is 4.72 Å². The quantitative estimate of drug-likeness (QED) is 0.575. The summed E-state index contributed by atoms with van der Waals surface area (Å²) in [5.74, 6) is 0. The van der Waals surface area contributed by atoms with Crippen molar-refractivity contribution < 1.29 is 8.42 Å². The highest BCUT2D eigenvalue weighted by Gasteiger charge is 2.18. The van der Waals surface area contributed by atoms with Gasteiger partial charge in [0.1, 0.15) is 0 Å². The lowest BCUT2D eigenvalue weighted by Crippen LogP contribution is -2.13. The summed E-state index contributed by atoms with van der Waals surface area (Å²) in [6.45, 7) is 2.10. The average Bonchev–Trinajstić information content (AvgIpc) is 3.03. The molecule has 3 nitrogen and oxygen atoms in total. The lowest BCUT2D eigenvalue weighted by molar-refractivity contribution is 0.601. The first-order chi connectivity index (χ1) is 12.0. The Kier molecular flexibility index (Phi) is 5.47. The molecule has 0 atom stereocenters. The molecule has 130 valence electrons. The molecule has 0 bridgehead atoms. The molecule has 0 amide bonds. The molecule has 0 radical (unpaired) electrons. The minimum atomic E-state index is -3.64. The Labute approximate surface area is 157 Å². The van der Waals surface area contributed by atoms with Crippen LogP contribution in [0.5, 0.6) is 0 Å². The molecule has 0 fully saturated rings. The minimum Gasteiger partial charge on any atom is -0.278 e. The molecule has 0 spiro atoms. The van der Waals surface area contributed by atoms with Crippen LogP contribution in [-0.2, 0) is 16.4 Å². The Morgan fingerprint density at radius 2 is 1.76 bits per heavy atom. The van der Waals surface area contributed by atoms with E-state index in [2.05, 4.69) is 11.6 Å². The Hall–Kier alpha value is -1.82. The first-order valence-electron chi connectivity index (χ1n) is 7.95. The summed E-state index contributed by atoms with van der Waals surface area (Å²) in [5.41, 5.74) is 2.49. The molecule has 1 aromatic heterocycles. The number of hydrogen-bond acceptors (Lipinski definition) is 3. The lowest BCUT2D eigenvalue weighted by Gasteiger charge is -2.10. The van der Waals surface area contributed by atoms with Crippen molar-refractivity contribution in [1.82, 2.24) is 0 Å². The normalized spacial score (nSPS) is 11.4. The number of sulfonamides is 1. The Morgan fingerprint density at radius 3 is 2.44 bits per heavy atom. The van der Waals surface area contributed by atoms with Crippen molar-refractivity contribution in [1.29, 1.82) is 0 Å². The number of hydrogen-bond donors (Lipinski definition) is 1. The molecule has 2 aromatic carbocycles. The van der Waals surface area contributed by atoms with E-state index in [1.165, 1.54) is 11.3 Å². The fraction of sp³-hybridized carbons (Fsp3) is 0.158. The Bertz CT molecular complexity index is 963. The van der Waals surface area contributed by atoms with Crippen molar-refractivity contribution in [2.45, 2.75) is 24.7 Å². The third kappa shape index (κ3) is 4.06. The minimum absolute atomic E-state index is 0.253. The van der Waals surface area contributed by atoms with Crippen LogP contribution < -0.4 is 4.72 Å². The summed E-state index contributed by atoms with van der Waals surface area (Å²) in [5, 5.41) is 2.44. The van der Waals surface area contributed by atoms with E-state index in [1.807, 2.05) is 35.7 Å². The molecule has 1 heterocycles. The first-order valence-corrected chi connectivity index (χ1v) is 10.7. The van der Waals surface area contributed by atoms with Crippen LogP contribution in [0.4, 0.5) is 5.69 Å². The van der Waals surface area contributed by atoms with Gasteiger partial charge in [0.15, 0.2) is 0 Å². The summed E-state index contributed by atoms with van der Waals surface area (Å²) in [7, 11) is -3.64. The first kappa shape index (κ1) is 18.0. The monoisotopic (exact) mass is 391 g/mol. The van der Waals surface area contributed by atoms with Crippen LogP contribution in [0.15, 0.2) is 64.9 Å². The van der Waals surface area contributed by atoms with E-state index in [4.69, 9.17) is 11.6 Å². The van der Waals surface area contributed by atoms with Gasteiger partial charge in [0.05, 0.1) is 15.5 Å². The van der Waals surface area contributed by atoms with Crippen LogP contribution in [0.25, 0.3) is 10.4 Å². The predicted octanol–water partition coefficient (Wildman–Crippen LogP) is 5.82.